The van der Waals surface area contributed by atoms with Gasteiger partial charge in [0.25, 0.3) is 5.91 Å². The summed E-state index contributed by atoms with van der Waals surface area (Å²) in [7, 11) is 1.58. The lowest BCUT2D eigenvalue weighted by atomic mass is 10.0. The molecule has 7 nitrogen and oxygen atoms in total. The van der Waals surface area contributed by atoms with Crippen LogP contribution < -0.4 is 15.4 Å². The third-order valence-corrected chi connectivity index (χ3v) is 6.58. The fourth-order valence-corrected chi connectivity index (χ4v) is 4.85. The number of para-hydroxylation sites is 2. The molecule has 3 heterocycles. The van der Waals surface area contributed by atoms with Gasteiger partial charge in [-0.3, -0.25) is 4.79 Å². The van der Waals surface area contributed by atoms with E-state index in [2.05, 4.69) is 10.6 Å². The van der Waals surface area contributed by atoms with Gasteiger partial charge in [-0.2, -0.15) is 4.98 Å². The number of carbonyl (C=O) groups is 1. The molecule has 4 aromatic rings. The van der Waals surface area contributed by atoms with Crippen molar-refractivity contribution >= 4 is 28.9 Å². The maximum Gasteiger partial charge on any atom is 0.256 e. The molecule has 2 aromatic heterocycles. The van der Waals surface area contributed by atoms with E-state index >= 15 is 0 Å². The van der Waals surface area contributed by atoms with Crippen molar-refractivity contribution in [2.45, 2.75) is 19.9 Å². The Bertz CT molecular complexity index is 1360. The average Bonchev–Trinajstić information content (AvgIpc) is 3.49. The van der Waals surface area contributed by atoms with Crippen molar-refractivity contribution in [3.63, 3.8) is 0 Å². The van der Waals surface area contributed by atoms with Gasteiger partial charge >= 0.3 is 0 Å². The van der Waals surface area contributed by atoms with Gasteiger partial charge in [0.15, 0.2) is 5.82 Å². The molecule has 33 heavy (non-hydrogen) atoms. The highest BCUT2D eigenvalue weighted by Gasteiger charge is 2.35. The van der Waals surface area contributed by atoms with Crippen LogP contribution in [0.3, 0.4) is 0 Å². The summed E-state index contributed by atoms with van der Waals surface area (Å²) in [5, 5.41) is 13.1. The molecule has 1 unspecified atom stereocenters. The molecule has 5 rings (SSSR count). The predicted molar refractivity (Wildman–Crippen MR) is 131 cm³/mol. The Labute approximate surface area is 195 Å². The zero-order valence-electron chi connectivity index (χ0n) is 18.5. The number of rotatable bonds is 5. The first-order chi connectivity index (χ1) is 16.1. The van der Waals surface area contributed by atoms with Crippen LogP contribution in [0.5, 0.6) is 5.75 Å². The van der Waals surface area contributed by atoms with Crippen molar-refractivity contribution in [1.82, 2.24) is 14.8 Å². The number of amides is 1. The molecule has 8 heteroatoms. The van der Waals surface area contributed by atoms with E-state index in [9.17, 15) is 4.79 Å². The second-order valence-electron chi connectivity index (χ2n) is 7.75. The van der Waals surface area contributed by atoms with E-state index < -0.39 is 6.04 Å². The number of aromatic nitrogens is 3. The van der Waals surface area contributed by atoms with Crippen molar-refractivity contribution in [3.05, 3.63) is 87.8 Å². The standard InChI is InChI=1S/C25H23N5O2S/c1-15-9-4-5-10-17(15)23-28-25-26-16(2)21(22(30(25)29-23)20-13-8-14-33-20)24(31)27-18-11-6-7-12-19(18)32-3/h4-14,22H,1-3H3,(H,27,31)(H,26,28,29). The molecule has 0 spiro atoms. The second-order valence-corrected chi connectivity index (χ2v) is 8.73. The van der Waals surface area contributed by atoms with Crippen molar-refractivity contribution in [3.8, 4) is 17.1 Å². The Morgan fingerprint density at radius 2 is 1.88 bits per heavy atom. The summed E-state index contributed by atoms with van der Waals surface area (Å²) in [5.74, 6) is 1.61. The largest absolute Gasteiger partial charge is 0.495 e. The minimum Gasteiger partial charge on any atom is -0.495 e. The second kappa shape index (κ2) is 8.55. The number of allylic oxidation sites excluding steroid dienone is 1. The monoisotopic (exact) mass is 457 g/mol. The third kappa shape index (κ3) is 3.78. The minimum absolute atomic E-state index is 0.221. The number of methoxy groups -OCH3 is 1. The molecule has 0 aliphatic carbocycles. The van der Waals surface area contributed by atoms with E-state index in [4.69, 9.17) is 14.8 Å². The topological polar surface area (TPSA) is 81.1 Å². The zero-order valence-corrected chi connectivity index (χ0v) is 19.3. The summed E-state index contributed by atoms with van der Waals surface area (Å²) in [5.41, 5.74) is 3.98. The van der Waals surface area contributed by atoms with Gasteiger partial charge in [0.05, 0.1) is 18.4 Å². The first-order valence-electron chi connectivity index (χ1n) is 10.5. The van der Waals surface area contributed by atoms with Gasteiger partial charge in [-0.25, -0.2) is 4.68 Å². The molecule has 1 aliphatic rings. The Hall–Kier alpha value is -3.91. The molecule has 0 bridgehead atoms. The molecule has 0 saturated heterocycles. The summed E-state index contributed by atoms with van der Waals surface area (Å²) in [6.45, 7) is 3.93. The zero-order chi connectivity index (χ0) is 22.9. The van der Waals surface area contributed by atoms with E-state index in [0.29, 0.717) is 28.8 Å². The fourth-order valence-electron chi connectivity index (χ4n) is 4.03. The van der Waals surface area contributed by atoms with Crippen LogP contribution in [-0.4, -0.2) is 27.8 Å². The average molecular weight is 458 g/mol. The highest BCUT2D eigenvalue weighted by Crippen LogP contribution is 2.39. The minimum atomic E-state index is -0.402. The van der Waals surface area contributed by atoms with Crippen LogP contribution in [0.1, 0.15) is 23.4 Å². The number of anilines is 2. The van der Waals surface area contributed by atoms with Crippen LogP contribution in [0.4, 0.5) is 11.6 Å². The van der Waals surface area contributed by atoms with Crippen molar-refractivity contribution in [2.24, 2.45) is 0 Å². The fraction of sp³-hybridized carbons (Fsp3) is 0.160. The smallest absolute Gasteiger partial charge is 0.256 e. The van der Waals surface area contributed by atoms with Crippen molar-refractivity contribution in [1.29, 1.82) is 0 Å². The number of thiophene rings is 1. The van der Waals surface area contributed by atoms with E-state index in [0.717, 1.165) is 21.7 Å². The summed E-state index contributed by atoms with van der Waals surface area (Å²) < 4.78 is 7.21. The summed E-state index contributed by atoms with van der Waals surface area (Å²) in [6, 6.07) is 19.0. The van der Waals surface area contributed by atoms with E-state index in [1.54, 1.807) is 23.1 Å². The molecule has 0 saturated carbocycles. The molecule has 1 atom stereocenters. The number of fused-ring (bicyclic) bond motifs is 1. The van der Waals surface area contributed by atoms with Gasteiger partial charge in [-0.05, 0) is 43.0 Å². The van der Waals surface area contributed by atoms with Crippen LogP contribution in [0, 0.1) is 6.92 Å². The normalized spacial score (nSPS) is 15.1. The molecule has 0 radical (unpaired) electrons. The molecule has 1 amide bonds. The van der Waals surface area contributed by atoms with E-state index in [1.165, 1.54) is 0 Å². The number of ether oxygens (including phenoxy) is 1. The Kier molecular flexibility index (Phi) is 5.43. The number of carbonyl (C=O) groups excluding carboxylic acids is 1. The number of nitrogens with zero attached hydrogens (tertiary/aromatic N) is 3. The highest BCUT2D eigenvalue weighted by atomic mass is 32.1. The number of aryl methyl sites for hydroxylation is 1. The first-order valence-corrected chi connectivity index (χ1v) is 11.4. The number of nitrogens with one attached hydrogen (secondary N) is 2. The SMILES string of the molecule is COc1ccccc1NC(=O)C1=C(C)Nc2nc(-c3ccccc3C)nn2C1c1cccs1. The van der Waals surface area contributed by atoms with Crippen LogP contribution >= 0.6 is 11.3 Å². The molecular weight excluding hydrogens is 434 g/mol. The van der Waals surface area contributed by atoms with Crippen LogP contribution in [0.25, 0.3) is 11.4 Å². The molecule has 166 valence electrons. The van der Waals surface area contributed by atoms with Gasteiger partial charge in [-0.1, -0.05) is 42.5 Å². The Balaban J connectivity index is 1.58. The van der Waals surface area contributed by atoms with E-state index in [1.807, 2.05) is 79.9 Å². The quantitative estimate of drug-likeness (QED) is 0.428. The maximum absolute atomic E-state index is 13.6. The molecule has 2 aromatic carbocycles. The van der Waals surface area contributed by atoms with Gasteiger partial charge in [0.2, 0.25) is 5.95 Å². The molecule has 1 aliphatic heterocycles. The number of hydrogen-bond acceptors (Lipinski definition) is 6. The van der Waals surface area contributed by atoms with Crippen LogP contribution in [-0.2, 0) is 4.79 Å². The van der Waals surface area contributed by atoms with E-state index in [-0.39, 0.29) is 5.91 Å². The van der Waals surface area contributed by atoms with Gasteiger partial charge in [-0.15, -0.1) is 16.4 Å². The van der Waals surface area contributed by atoms with Crippen molar-refractivity contribution in [2.75, 3.05) is 17.7 Å². The maximum atomic E-state index is 13.6. The summed E-state index contributed by atoms with van der Waals surface area (Å²) in [4.78, 5) is 19.3. The Morgan fingerprint density at radius 1 is 1.09 bits per heavy atom. The third-order valence-electron chi connectivity index (χ3n) is 5.65. The van der Waals surface area contributed by atoms with Crippen LogP contribution in [0.2, 0.25) is 0 Å². The lowest BCUT2D eigenvalue weighted by Crippen LogP contribution is -2.31. The van der Waals surface area contributed by atoms with Gasteiger partial charge in [0, 0.05) is 16.1 Å². The highest BCUT2D eigenvalue weighted by molar-refractivity contribution is 7.10. The lowest BCUT2D eigenvalue weighted by Gasteiger charge is -2.27. The number of benzene rings is 2. The van der Waals surface area contributed by atoms with Crippen molar-refractivity contribution < 1.29 is 9.53 Å². The molecule has 2 N–H and O–H groups in total. The Morgan fingerprint density at radius 3 is 2.64 bits per heavy atom. The summed E-state index contributed by atoms with van der Waals surface area (Å²) in [6.07, 6.45) is 0. The first kappa shape index (κ1) is 21.0. The van der Waals surface area contributed by atoms with Crippen LogP contribution in [0.15, 0.2) is 77.3 Å². The molecule has 0 fully saturated rings. The van der Waals surface area contributed by atoms with Gasteiger partial charge < -0.3 is 15.4 Å². The van der Waals surface area contributed by atoms with Gasteiger partial charge in [0.1, 0.15) is 11.8 Å². The number of hydrogen-bond donors (Lipinski definition) is 2. The lowest BCUT2D eigenvalue weighted by molar-refractivity contribution is -0.113. The predicted octanol–water partition coefficient (Wildman–Crippen LogP) is 5.25. The molecular formula is C25H23N5O2S. The summed E-state index contributed by atoms with van der Waals surface area (Å²) >= 11 is 1.58.